The molecule has 0 atom stereocenters. The standard InChI is InChI=1S/C23H38NP.C5H8.Ti/c1-4-14-21(15-5-1)25(22-16-6-2-7-17-22,23-18-8-3-9-19-23)24-20-12-10-11-13-20;1-4-5(2)3;/h10-12,21-23H,1-9,13-19H2;4H,1-2H2,3H3;. The van der Waals surface area contributed by atoms with Gasteiger partial charge in [0.15, 0.2) is 0 Å². The zero-order valence-electron chi connectivity index (χ0n) is 20.2. The molecule has 0 N–H and O–H groups in total. The maximum atomic E-state index is 5.89. The van der Waals surface area contributed by atoms with Gasteiger partial charge in [0, 0.05) is 33.8 Å². The summed E-state index contributed by atoms with van der Waals surface area (Å²) in [6, 6.07) is 0. The summed E-state index contributed by atoms with van der Waals surface area (Å²) in [7, 11) is -1.25. The van der Waals surface area contributed by atoms with Gasteiger partial charge in [0.1, 0.15) is 0 Å². The summed E-state index contributed by atoms with van der Waals surface area (Å²) >= 11 is 0. The van der Waals surface area contributed by atoms with E-state index in [1.807, 2.05) is 6.92 Å². The minimum absolute atomic E-state index is 0. The van der Waals surface area contributed by atoms with Crippen LogP contribution in [0.4, 0.5) is 0 Å². The molecule has 0 bridgehead atoms. The van der Waals surface area contributed by atoms with Gasteiger partial charge >= 0.3 is 0 Å². The van der Waals surface area contributed by atoms with Crippen LogP contribution in [-0.4, -0.2) is 17.0 Å². The Kier molecular flexibility index (Phi) is 12.5. The molecule has 3 heteroatoms. The van der Waals surface area contributed by atoms with Crippen LogP contribution in [0.1, 0.15) is 110 Å². The normalized spacial score (nSPS) is 23.2. The second kappa shape index (κ2) is 14.2. The van der Waals surface area contributed by atoms with E-state index in [1.165, 1.54) is 102 Å². The van der Waals surface area contributed by atoms with Gasteiger partial charge in [-0.15, -0.1) is 0 Å². The summed E-state index contributed by atoms with van der Waals surface area (Å²) in [4.78, 5) is 0. The number of nitrogens with zero attached hydrogens (tertiary/aromatic N) is 1. The molecule has 4 aliphatic carbocycles. The van der Waals surface area contributed by atoms with Gasteiger partial charge in [-0.05, 0) is 75.6 Å². The van der Waals surface area contributed by atoms with E-state index in [9.17, 15) is 0 Å². The van der Waals surface area contributed by atoms with Crippen LogP contribution in [0.3, 0.4) is 0 Å². The first-order valence-corrected chi connectivity index (χ1v) is 14.9. The van der Waals surface area contributed by atoms with Crippen LogP contribution >= 0.6 is 7.05 Å². The van der Waals surface area contributed by atoms with Gasteiger partial charge in [0.25, 0.3) is 0 Å². The van der Waals surface area contributed by atoms with Crippen molar-refractivity contribution in [3.8, 4) is 0 Å². The van der Waals surface area contributed by atoms with Crippen molar-refractivity contribution in [2.45, 2.75) is 127 Å². The summed E-state index contributed by atoms with van der Waals surface area (Å²) in [5.41, 5.74) is 5.41. The van der Waals surface area contributed by atoms with E-state index >= 15 is 0 Å². The van der Waals surface area contributed by atoms with Crippen molar-refractivity contribution in [1.29, 1.82) is 0 Å². The van der Waals surface area contributed by atoms with Gasteiger partial charge in [-0.25, -0.2) is 0 Å². The molecule has 172 valence electrons. The van der Waals surface area contributed by atoms with Crippen LogP contribution in [0.25, 0.3) is 0 Å². The molecule has 0 aromatic heterocycles. The van der Waals surface area contributed by atoms with Crippen LogP contribution in [0.5, 0.6) is 0 Å². The maximum Gasteiger partial charge on any atom is 0.0425 e. The average molecular weight is 476 g/mol. The average Bonchev–Trinajstić information content (AvgIpc) is 3.33. The Morgan fingerprint density at radius 2 is 1.23 bits per heavy atom. The van der Waals surface area contributed by atoms with E-state index in [0.717, 1.165) is 29.0 Å². The number of hydrogen-bond donors (Lipinski definition) is 0. The van der Waals surface area contributed by atoms with Crippen LogP contribution in [0.2, 0.25) is 0 Å². The fraction of sp³-hybridized carbons (Fsp3) is 0.714. The summed E-state index contributed by atoms with van der Waals surface area (Å²) in [6.07, 6.45) is 32.2. The fourth-order valence-corrected chi connectivity index (χ4v) is 12.8. The smallest absolute Gasteiger partial charge is 0.0425 e. The number of rotatable bonds is 5. The molecule has 3 fully saturated rings. The SMILES string of the molecule is C1=CCC(N=P(C2CCCCC2)(C2CCCCC2)C2CCCCC2)=C1.C=CC(=C)C.[Ti]. The fourth-order valence-electron chi connectivity index (χ4n) is 6.36. The molecule has 0 radical (unpaired) electrons. The van der Waals surface area contributed by atoms with Crippen molar-refractivity contribution >= 4 is 7.05 Å². The first kappa shape index (κ1) is 27.2. The van der Waals surface area contributed by atoms with E-state index < -0.39 is 7.05 Å². The summed E-state index contributed by atoms with van der Waals surface area (Å²) in [5.74, 6) is 0. The topological polar surface area (TPSA) is 12.4 Å². The summed E-state index contributed by atoms with van der Waals surface area (Å²) in [6.45, 7) is 8.93. The van der Waals surface area contributed by atoms with Gasteiger partial charge in [0.05, 0.1) is 0 Å². The Morgan fingerprint density at radius 3 is 1.52 bits per heavy atom. The third-order valence-corrected chi connectivity index (χ3v) is 13.5. The minimum Gasteiger partial charge on any atom is -0.271 e. The van der Waals surface area contributed by atoms with Crippen LogP contribution < -0.4 is 0 Å². The largest absolute Gasteiger partial charge is 0.271 e. The van der Waals surface area contributed by atoms with Gasteiger partial charge in [-0.1, -0.05) is 94.7 Å². The Morgan fingerprint density at radius 1 is 0.839 bits per heavy atom. The monoisotopic (exact) mass is 475 g/mol. The molecule has 0 spiro atoms. The van der Waals surface area contributed by atoms with Gasteiger partial charge in [-0.2, -0.15) is 0 Å². The molecular weight excluding hydrogens is 429 g/mol. The third kappa shape index (κ3) is 7.45. The van der Waals surface area contributed by atoms with E-state index in [0.29, 0.717) is 0 Å². The number of allylic oxidation sites excluding steroid dienone is 5. The molecular formula is C28H46NPTi. The Balaban J connectivity index is 0.000000514. The Bertz CT molecular complexity index is 619. The molecule has 0 aliphatic heterocycles. The van der Waals surface area contributed by atoms with Crippen molar-refractivity contribution in [1.82, 2.24) is 0 Å². The molecule has 4 aliphatic rings. The molecule has 0 heterocycles. The quantitative estimate of drug-likeness (QED) is 0.213. The molecule has 3 saturated carbocycles. The van der Waals surface area contributed by atoms with E-state index in [-0.39, 0.29) is 21.7 Å². The molecule has 0 amide bonds. The molecule has 0 aromatic rings. The molecule has 0 aromatic carbocycles. The second-order valence-electron chi connectivity index (χ2n) is 10.1. The summed E-state index contributed by atoms with van der Waals surface area (Å²) in [5, 5.41) is 0. The molecule has 4 rings (SSSR count). The molecule has 0 saturated heterocycles. The molecule has 0 unspecified atom stereocenters. The Labute approximate surface area is 208 Å². The van der Waals surface area contributed by atoms with Crippen LogP contribution in [0.15, 0.2) is 53.5 Å². The van der Waals surface area contributed by atoms with E-state index in [4.69, 9.17) is 4.74 Å². The van der Waals surface area contributed by atoms with Crippen LogP contribution in [0, 0.1) is 0 Å². The Hall–Kier alpha value is -0.0957. The van der Waals surface area contributed by atoms with Crippen molar-refractivity contribution in [3.63, 3.8) is 0 Å². The van der Waals surface area contributed by atoms with Crippen LogP contribution in [-0.2, 0) is 21.7 Å². The summed E-state index contributed by atoms with van der Waals surface area (Å²) < 4.78 is 5.89. The number of hydrogen-bond acceptors (Lipinski definition) is 1. The van der Waals surface area contributed by atoms with Gasteiger partial charge in [0.2, 0.25) is 0 Å². The van der Waals surface area contributed by atoms with Crippen molar-refractivity contribution in [3.05, 3.63) is 48.7 Å². The zero-order chi connectivity index (χ0) is 21.2. The molecule has 1 nitrogen and oxygen atoms in total. The van der Waals surface area contributed by atoms with Crippen molar-refractivity contribution in [2.75, 3.05) is 0 Å². The third-order valence-electron chi connectivity index (χ3n) is 7.88. The first-order valence-electron chi connectivity index (χ1n) is 12.9. The van der Waals surface area contributed by atoms with Crippen molar-refractivity contribution in [2.24, 2.45) is 4.74 Å². The zero-order valence-corrected chi connectivity index (χ0v) is 22.6. The maximum absolute atomic E-state index is 5.89. The van der Waals surface area contributed by atoms with Gasteiger partial charge in [-0.3, -0.25) is 4.74 Å². The van der Waals surface area contributed by atoms with E-state index in [2.05, 4.69) is 31.4 Å². The predicted octanol–water partition coefficient (Wildman–Crippen LogP) is 9.78. The second-order valence-corrected chi connectivity index (χ2v) is 14.1. The predicted molar refractivity (Wildman–Crippen MR) is 137 cm³/mol. The first-order chi connectivity index (χ1) is 14.7. The van der Waals surface area contributed by atoms with E-state index in [1.54, 1.807) is 6.08 Å². The van der Waals surface area contributed by atoms with Gasteiger partial charge < -0.3 is 0 Å². The molecule has 31 heavy (non-hydrogen) atoms. The minimum atomic E-state index is -1.25. The van der Waals surface area contributed by atoms with Crippen molar-refractivity contribution < 1.29 is 21.7 Å².